The molecule has 17 heavy (non-hydrogen) atoms. The van der Waals surface area contributed by atoms with Crippen LogP contribution in [0.15, 0.2) is 0 Å². The molecule has 1 aliphatic rings. The largest absolute Gasteiger partial charge is 0.327 e. The van der Waals surface area contributed by atoms with E-state index in [9.17, 15) is 0 Å². The van der Waals surface area contributed by atoms with Gasteiger partial charge in [0, 0.05) is 12.6 Å². The lowest BCUT2D eigenvalue weighted by atomic mass is 10.1. The second-order valence-corrected chi connectivity index (χ2v) is 5.29. The van der Waals surface area contributed by atoms with Crippen LogP contribution in [0.1, 0.15) is 44.5 Å². The third-order valence-corrected chi connectivity index (χ3v) is 4.07. The third-order valence-electron chi connectivity index (χ3n) is 3.64. The van der Waals surface area contributed by atoms with Gasteiger partial charge in [0.1, 0.15) is 0 Å². The number of hydrogen-bond donors (Lipinski definition) is 1. The van der Waals surface area contributed by atoms with E-state index in [0.717, 1.165) is 42.4 Å². The summed E-state index contributed by atoms with van der Waals surface area (Å²) in [6.45, 7) is 5.08. The maximum Gasteiger partial charge on any atom is 0.0849 e. The summed E-state index contributed by atoms with van der Waals surface area (Å²) in [6, 6.07) is 0.344. The molecule has 1 heterocycles. The van der Waals surface area contributed by atoms with Crippen LogP contribution in [0.2, 0.25) is 5.02 Å². The average Bonchev–Trinajstić information content (AvgIpc) is 3.12. The number of hydrogen-bond acceptors (Lipinski definition) is 2. The van der Waals surface area contributed by atoms with Gasteiger partial charge in [0.05, 0.1) is 16.4 Å². The van der Waals surface area contributed by atoms with Crippen molar-refractivity contribution in [3.05, 3.63) is 16.4 Å². The van der Waals surface area contributed by atoms with E-state index in [0.29, 0.717) is 6.04 Å². The lowest BCUT2D eigenvalue weighted by Gasteiger charge is -2.11. The molecule has 2 rings (SSSR count). The molecule has 0 radical (unpaired) electrons. The van der Waals surface area contributed by atoms with Crippen molar-refractivity contribution < 1.29 is 0 Å². The molecule has 4 heteroatoms. The molecule has 0 bridgehead atoms. The first kappa shape index (κ1) is 12.9. The molecule has 0 amide bonds. The quantitative estimate of drug-likeness (QED) is 0.850. The monoisotopic (exact) mass is 255 g/mol. The highest BCUT2D eigenvalue weighted by Crippen LogP contribution is 2.34. The molecule has 1 aromatic rings. The second kappa shape index (κ2) is 5.40. The minimum absolute atomic E-state index is 0.344. The molecule has 3 nitrogen and oxygen atoms in total. The standard InChI is InChI=1S/C13H22ClN3/c1-3-11-13(14)12(17(4-2)16-11)8-7-10(15)9-5-6-9/h9-10H,3-8,15H2,1-2H3. The maximum absolute atomic E-state index is 6.36. The number of nitrogens with zero attached hydrogens (tertiary/aromatic N) is 2. The minimum atomic E-state index is 0.344. The molecular formula is C13H22ClN3. The van der Waals surface area contributed by atoms with Crippen molar-refractivity contribution in [2.24, 2.45) is 11.7 Å². The smallest absolute Gasteiger partial charge is 0.0849 e. The van der Waals surface area contributed by atoms with Gasteiger partial charge in [-0.2, -0.15) is 5.10 Å². The fourth-order valence-electron chi connectivity index (χ4n) is 2.32. The van der Waals surface area contributed by atoms with Crippen LogP contribution in [0, 0.1) is 5.92 Å². The van der Waals surface area contributed by atoms with Crippen LogP contribution in [0.4, 0.5) is 0 Å². The zero-order chi connectivity index (χ0) is 12.4. The van der Waals surface area contributed by atoms with Crippen molar-refractivity contribution in [1.29, 1.82) is 0 Å². The summed E-state index contributed by atoms with van der Waals surface area (Å²) in [5.41, 5.74) is 8.32. The van der Waals surface area contributed by atoms with Gasteiger partial charge in [-0.05, 0) is 44.9 Å². The third kappa shape index (κ3) is 2.83. The van der Waals surface area contributed by atoms with Gasteiger partial charge in [-0.25, -0.2) is 0 Å². The Kier molecular flexibility index (Phi) is 4.10. The summed E-state index contributed by atoms with van der Waals surface area (Å²) in [7, 11) is 0. The average molecular weight is 256 g/mol. The predicted octanol–water partition coefficient (Wildman–Crippen LogP) is 2.79. The van der Waals surface area contributed by atoms with E-state index in [2.05, 4.69) is 18.9 Å². The maximum atomic E-state index is 6.36. The lowest BCUT2D eigenvalue weighted by Crippen LogP contribution is -2.23. The van der Waals surface area contributed by atoms with Crippen LogP contribution >= 0.6 is 11.6 Å². The first-order chi connectivity index (χ1) is 8.17. The topological polar surface area (TPSA) is 43.8 Å². The highest BCUT2D eigenvalue weighted by Gasteiger charge is 2.28. The molecule has 1 fully saturated rings. The molecule has 0 aromatic carbocycles. The number of aryl methyl sites for hydroxylation is 2. The summed E-state index contributed by atoms with van der Waals surface area (Å²) in [5, 5.41) is 5.39. The molecule has 1 aromatic heterocycles. The highest BCUT2D eigenvalue weighted by atomic mass is 35.5. The Labute approximate surface area is 108 Å². The number of halogens is 1. The van der Waals surface area contributed by atoms with E-state index in [1.165, 1.54) is 18.5 Å². The van der Waals surface area contributed by atoms with Crippen LogP contribution in [0.3, 0.4) is 0 Å². The van der Waals surface area contributed by atoms with Crippen LogP contribution in [-0.2, 0) is 19.4 Å². The fourth-order valence-corrected chi connectivity index (χ4v) is 2.68. The molecule has 1 saturated carbocycles. The van der Waals surface area contributed by atoms with E-state index in [1.807, 2.05) is 4.68 Å². The number of rotatable bonds is 6. The lowest BCUT2D eigenvalue weighted by molar-refractivity contribution is 0.527. The van der Waals surface area contributed by atoms with Gasteiger partial charge in [0.25, 0.3) is 0 Å². The number of aromatic nitrogens is 2. The Morgan fingerprint density at radius 2 is 2.18 bits per heavy atom. The highest BCUT2D eigenvalue weighted by molar-refractivity contribution is 6.31. The molecule has 0 spiro atoms. The first-order valence-corrected chi connectivity index (χ1v) is 7.04. The Balaban J connectivity index is 2.04. The molecular weight excluding hydrogens is 234 g/mol. The van der Waals surface area contributed by atoms with Crippen molar-refractivity contribution >= 4 is 11.6 Å². The van der Waals surface area contributed by atoms with Crippen molar-refractivity contribution in [2.45, 2.75) is 58.5 Å². The summed E-state index contributed by atoms with van der Waals surface area (Å²) < 4.78 is 2.03. The summed E-state index contributed by atoms with van der Waals surface area (Å²) in [4.78, 5) is 0. The van der Waals surface area contributed by atoms with Crippen molar-refractivity contribution in [3.8, 4) is 0 Å². The van der Waals surface area contributed by atoms with Crippen LogP contribution in [0.25, 0.3) is 0 Å². The van der Waals surface area contributed by atoms with Gasteiger partial charge in [-0.3, -0.25) is 4.68 Å². The Morgan fingerprint density at radius 3 is 2.71 bits per heavy atom. The van der Waals surface area contributed by atoms with Gasteiger partial charge in [-0.1, -0.05) is 18.5 Å². The van der Waals surface area contributed by atoms with Crippen molar-refractivity contribution in [3.63, 3.8) is 0 Å². The van der Waals surface area contributed by atoms with E-state index >= 15 is 0 Å². The van der Waals surface area contributed by atoms with E-state index in [1.54, 1.807) is 0 Å². The molecule has 2 N–H and O–H groups in total. The van der Waals surface area contributed by atoms with Gasteiger partial charge >= 0.3 is 0 Å². The first-order valence-electron chi connectivity index (χ1n) is 6.67. The fraction of sp³-hybridized carbons (Fsp3) is 0.769. The predicted molar refractivity (Wildman–Crippen MR) is 71.3 cm³/mol. The van der Waals surface area contributed by atoms with Crippen molar-refractivity contribution in [2.75, 3.05) is 0 Å². The SMILES string of the molecule is CCc1nn(CC)c(CCC(N)C2CC2)c1Cl. The molecule has 0 aliphatic heterocycles. The Bertz CT molecular complexity index is 382. The van der Waals surface area contributed by atoms with Crippen LogP contribution < -0.4 is 5.73 Å². The summed E-state index contributed by atoms with van der Waals surface area (Å²) >= 11 is 6.36. The second-order valence-electron chi connectivity index (χ2n) is 4.92. The summed E-state index contributed by atoms with van der Waals surface area (Å²) in [5.74, 6) is 0.761. The summed E-state index contributed by atoms with van der Waals surface area (Å²) in [6.07, 6.45) is 5.49. The zero-order valence-corrected chi connectivity index (χ0v) is 11.5. The minimum Gasteiger partial charge on any atom is -0.327 e. The van der Waals surface area contributed by atoms with Crippen LogP contribution in [0.5, 0.6) is 0 Å². The van der Waals surface area contributed by atoms with Gasteiger partial charge < -0.3 is 5.73 Å². The zero-order valence-electron chi connectivity index (χ0n) is 10.7. The molecule has 0 saturated heterocycles. The van der Waals surface area contributed by atoms with Crippen molar-refractivity contribution in [1.82, 2.24) is 9.78 Å². The van der Waals surface area contributed by atoms with Gasteiger partial charge in [0.15, 0.2) is 0 Å². The van der Waals surface area contributed by atoms with Gasteiger partial charge in [0.2, 0.25) is 0 Å². The molecule has 1 unspecified atom stereocenters. The normalized spacial score (nSPS) is 17.4. The van der Waals surface area contributed by atoms with Gasteiger partial charge in [-0.15, -0.1) is 0 Å². The Morgan fingerprint density at radius 1 is 1.47 bits per heavy atom. The van der Waals surface area contributed by atoms with Crippen LogP contribution in [-0.4, -0.2) is 15.8 Å². The van der Waals surface area contributed by atoms with E-state index in [-0.39, 0.29) is 0 Å². The molecule has 1 atom stereocenters. The number of nitrogens with two attached hydrogens (primary N) is 1. The molecule has 1 aliphatic carbocycles. The van der Waals surface area contributed by atoms with E-state index in [4.69, 9.17) is 17.3 Å². The Hall–Kier alpha value is -0.540. The van der Waals surface area contributed by atoms with E-state index < -0.39 is 0 Å². The molecule has 96 valence electrons.